The molecule has 0 saturated heterocycles. The fourth-order valence-electron chi connectivity index (χ4n) is 1.98. The van der Waals surface area contributed by atoms with Crippen LogP contribution in [-0.2, 0) is 6.42 Å². The number of nitrogens with zero attached hydrogens (tertiary/aromatic N) is 1. The molecule has 0 aromatic heterocycles. The van der Waals surface area contributed by atoms with Crippen molar-refractivity contribution in [3.63, 3.8) is 0 Å². The Morgan fingerprint density at radius 2 is 2.10 bits per heavy atom. The molecule has 0 unspecified atom stereocenters. The zero-order valence-corrected chi connectivity index (χ0v) is 11.9. The van der Waals surface area contributed by atoms with Gasteiger partial charge in [0.05, 0.1) is 20.3 Å². The van der Waals surface area contributed by atoms with Gasteiger partial charge < -0.3 is 20.9 Å². The standard InChI is InChI=1S/C15H23N3O2/c1-20-13-4-2-12(3-5-13)6-9-17-14(16)18-10-15(11-19)7-8-15/h2-5,19H,6-11H2,1H3,(H3,16,17,18). The first-order chi connectivity index (χ1) is 9.67. The fourth-order valence-corrected chi connectivity index (χ4v) is 1.98. The lowest BCUT2D eigenvalue weighted by Crippen LogP contribution is -2.34. The number of hydrogen-bond donors (Lipinski definition) is 3. The molecule has 0 amide bonds. The summed E-state index contributed by atoms with van der Waals surface area (Å²) in [5.74, 6) is 1.32. The van der Waals surface area contributed by atoms with Crippen molar-refractivity contribution >= 4 is 5.96 Å². The molecule has 5 heteroatoms. The maximum absolute atomic E-state index is 9.20. The lowest BCUT2D eigenvalue weighted by Gasteiger charge is -2.10. The molecule has 110 valence electrons. The van der Waals surface area contributed by atoms with Crippen LogP contribution in [-0.4, -0.2) is 37.9 Å². The summed E-state index contributed by atoms with van der Waals surface area (Å²) in [7, 11) is 1.66. The van der Waals surface area contributed by atoms with Crippen molar-refractivity contribution in [2.45, 2.75) is 19.3 Å². The van der Waals surface area contributed by atoms with E-state index in [0.717, 1.165) is 31.6 Å². The van der Waals surface area contributed by atoms with Crippen LogP contribution in [0.2, 0.25) is 0 Å². The van der Waals surface area contributed by atoms with Crippen molar-refractivity contribution < 1.29 is 9.84 Å². The third kappa shape index (κ3) is 4.13. The first-order valence-corrected chi connectivity index (χ1v) is 6.95. The van der Waals surface area contributed by atoms with Crippen LogP contribution in [0.4, 0.5) is 0 Å². The van der Waals surface area contributed by atoms with E-state index in [0.29, 0.717) is 12.5 Å². The SMILES string of the molecule is COc1ccc(CCNC(N)=NCC2(CO)CC2)cc1. The van der Waals surface area contributed by atoms with E-state index in [1.807, 2.05) is 24.3 Å². The van der Waals surface area contributed by atoms with Crippen molar-refractivity contribution in [1.82, 2.24) is 5.32 Å². The van der Waals surface area contributed by atoms with E-state index in [1.54, 1.807) is 7.11 Å². The molecular formula is C15H23N3O2. The third-order valence-electron chi connectivity index (χ3n) is 3.76. The van der Waals surface area contributed by atoms with E-state index in [4.69, 9.17) is 10.5 Å². The highest BCUT2D eigenvalue weighted by molar-refractivity contribution is 5.77. The smallest absolute Gasteiger partial charge is 0.188 e. The van der Waals surface area contributed by atoms with Gasteiger partial charge in [-0.2, -0.15) is 0 Å². The van der Waals surface area contributed by atoms with Gasteiger partial charge in [0, 0.05) is 12.0 Å². The highest BCUT2D eigenvalue weighted by atomic mass is 16.5. The van der Waals surface area contributed by atoms with Crippen LogP contribution in [0.3, 0.4) is 0 Å². The predicted molar refractivity (Wildman–Crippen MR) is 79.9 cm³/mol. The van der Waals surface area contributed by atoms with Crippen molar-refractivity contribution in [2.24, 2.45) is 16.1 Å². The van der Waals surface area contributed by atoms with Crippen LogP contribution < -0.4 is 15.8 Å². The van der Waals surface area contributed by atoms with Crippen LogP contribution in [0.25, 0.3) is 0 Å². The first kappa shape index (κ1) is 14.7. The summed E-state index contributed by atoms with van der Waals surface area (Å²) in [6.07, 6.45) is 2.98. The van der Waals surface area contributed by atoms with Crippen LogP contribution in [0.15, 0.2) is 29.3 Å². The van der Waals surface area contributed by atoms with Crippen LogP contribution in [0.1, 0.15) is 18.4 Å². The quantitative estimate of drug-likeness (QED) is 0.511. The second-order valence-corrected chi connectivity index (χ2v) is 5.38. The molecule has 0 aliphatic heterocycles. The molecule has 20 heavy (non-hydrogen) atoms. The molecule has 0 bridgehead atoms. The van der Waals surface area contributed by atoms with Gasteiger partial charge in [0.2, 0.25) is 0 Å². The fraction of sp³-hybridized carbons (Fsp3) is 0.533. The average molecular weight is 277 g/mol. The Labute approximate surface area is 119 Å². The number of nitrogens with two attached hydrogens (primary N) is 1. The molecule has 5 nitrogen and oxygen atoms in total. The number of ether oxygens (including phenoxy) is 1. The maximum atomic E-state index is 9.20. The van der Waals surface area contributed by atoms with E-state index < -0.39 is 0 Å². The number of aliphatic hydroxyl groups excluding tert-OH is 1. The summed E-state index contributed by atoms with van der Waals surface area (Å²) >= 11 is 0. The molecule has 1 aliphatic rings. The molecule has 1 aromatic carbocycles. The molecule has 0 atom stereocenters. The molecule has 2 rings (SSSR count). The minimum atomic E-state index is 0.0162. The summed E-state index contributed by atoms with van der Waals surface area (Å²) in [5, 5.41) is 12.3. The van der Waals surface area contributed by atoms with E-state index in [-0.39, 0.29) is 12.0 Å². The largest absolute Gasteiger partial charge is 0.497 e. The Kier molecular flexibility index (Phi) is 4.84. The number of guanidine groups is 1. The minimum Gasteiger partial charge on any atom is -0.497 e. The Morgan fingerprint density at radius 1 is 1.40 bits per heavy atom. The van der Waals surface area contributed by atoms with Crippen LogP contribution in [0.5, 0.6) is 5.75 Å². The summed E-state index contributed by atoms with van der Waals surface area (Å²) in [6.45, 7) is 1.56. The van der Waals surface area contributed by atoms with Gasteiger partial charge in [0.1, 0.15) is 5.75 Å². The molecule has 1 aliphatic carbocycles. The highest BCUT2D eigenvalue weighted by Crippen LogP contribution is 2.45. The van der Waals surface area contributed by atoms with Gasteiger partial charge in [-0.05, 0) is 37.0 Å². The number of aliphatic imine (C=N–C) groups is 1. The molecular weight excluding hydrogens is 254 g/mol. The van der Waals surface area contributed by atoms with E-state index in [2.05, 4.69) is 10.3 Å². The van der Waals surface area contributed by atoms with Crippen molar-refractivity contribution in [3.05, 3.63) is 29.8 Å². The Hall–Kier alpha value is -1.75. The van der Waals surface area contributed by atoms with Crippen LogP contribution in [0, 0.1) is 5.41 Å². The van der Waals surface area contributed by atoms with Gasteiger partial charge in [-0.1, -0.05) is 12.1 Å². The summed E-state index contributed by atoms with van der Waals surface area (Å²) in [6, 6.07) is 7.98. The number of nitrogens with one attached hydrogen (secondary N) is 1. The maximum Gasteiger partial charge on any atom is 0.188 e. The molecule has 1 aromatic rings. The van der Waals surface area contributed by atoms with Crippen molar-refractivity contribution in [3.8, 4) is 5.75 Å². The van der Waals surface area contributed by atoms with Gasteiger partial charge in [-0.25, -0.2) is 0 Å². The summed E-state index contributed by atoms with van der Waals surface area (Å²) < 4.78 is 5.12. The number of methoxy groups -OCH3 is 1. The second kappa shape index (κ2) is 6.61. The number of benzene rings is 1. The Morgan fingerprint density at radius 3 is 2.65 bits per heavy atom. The summed E-state index contributed by atoms with van der Waals surface area (Å²) in [4.78, 5) is 4.29. The highest BCUT2D eigenvalue weighted by Gasteiger charge is 2.41. The number of aliphatic hydroxyl groups is 1. The number of hydrogen-bond acceptors (Lipinski definition) is 3. The van der Waals surface area contributed by atoms with Gasteiger partial charge in [0.25, 0.3) is 0 Å². The second-order valence-electron chi connectivity index (χ2n) is 5.38. The van der Waals surface area contributed by atoms with Gasteiger partial charge in [-0.15, -0.1) is 0 Å². The summed E-state index contributed by atoms with van der Waals surface area (Å²) in [5.41, 5.74) is 7.05. The topological polar surface area (TPSA) is 79.9 Å². The van der Waals surface area contributed by atoms with Gasteiger partial charge in [-0.3, -0.25) is 4.99 Å². The average Bonchev–Trinajstić information content (AvgIpc) is 3.26. The van der Waals surface area contributed by atoms with E-state index >= 15 is 0 Å². The van der Waals surface area contributed by atoms with Gasteiger partial charge >= 0.3 is 0 Å². The van der Waals surface area contributed by atoms with Crippen LogP contribution >= 0.6 is 0 Å². The minimum absolute atomic E-state index is 0.0162. The first-order valence-electron chi connectivity index (χ1n) is 6.95. The molecule has 0 radical (unpaired) electrons. The van der Waals surface area contributed by atoms with Crippen molar-refractivity contribution in [2.75, 3.05) is 26.8 Å². The Balaban J connectivity index is 1.70. The number of rotatable bonds is 7. The molecule has 0 spiro atoms. The third-order valence-corrected chi connectivity index (χ3v) is 3.76. The van der Waals surface area contributed by atoms with E-state index in [9.17, 15) is 5.11 Å². The Bertz CT molecular complexity index is 453. The molecule has 0 heterocycles. The normalized spacial score (nSPS) is 16.8. The lowest BCUT2D eigenvalue weighted by atomic mass is 10.1. The van der Waals surface area contributed by atoms with Gasteiger partial charge in [0.15, 0.2) is 5.96 Å². The monoisotopic (exact) mass is 277 g/mol. The molecule has 1 fully saturated rings. The molecule has 1 saturated carbocycles. The zero-order valence-electron chi connectivity index (χ0n) is 11.9. The molecule has 4 N–H and O–H groups in total. The van der Waals surface area contributed by atoms with Crippen molar-refractivity contribution in [1.29, 1.82) is 0 Å². The lowest BCUT2D eigenvalue weighted by molar-refractivity contribution is 0.217. The van der Waals surface area contributed by atoms with E-state index in [1.165, 1.54) is 5.56 Å². The predicted octanol–water partition coefficient (Wildman–Crippen LogP) is 0.914. The zero-order chi connectivity index (χ0) is 14.4.